The van der Waals surface area contributed by atoms with Gasteiger partial charge in [-0.2, -0.15) is 0 Å². The van der Waals surface area contributed by atoms with Crippen LogP contribution in [-0.4, -0.2) is 58.8 Å². The third-order valence-corrected chi connectivity index (χ3v) is 6.79. The van der Waals surface area contributed by atoms with E-state index in [1.165, 1.54) is 4.90 Å². The molecule has 2 amide bonds. The number of carbonyl (C=O) groups is 3. The molecule has 0 atom stereocenters. The van der Waals surface area contributed by atoms with Gasteiger partial charge in [-0.05, 0) is 43.2 Å². The van der Waals surface area contributed by atoms with Gasteiger partial charge >= 0.3 is 0 Å². The lowest BCUT2D eigenvalue weighted by Gasteiger charge is -2.35. The van der Waals surface area contributed by atoms with Crippen molar-refractivity contribution in [1.29, 1.82) is 0 Å². The number of benzene rings is 1. The summed E-state index contributed by atoms with van der Waals surface area (Å²) in [7, 11) is 0. The number of allylic oxidation sites excluding steroid dienone is 4. The molecule has 0 bridgehead atoms. The molecule has 1 saturated heterocycles. The monoisotopic (exact) mass is 423 g/mol. The number of halogens is 1. The Morgan fingerprint density at radius 2 is 1.80 bits per heavy atom. The highest BCUT2D eigenvalue weighted by molar-refractivity contribution is 6.40. The maximum atomic E-state index is 13.1. The molecule has 154 valence electrons. The van der Waals surface area contributed by atoms with Crippen LogP contribution in [0, 0.1) is 0 Å². The zero-order chi connectivity index (χ0) is 21.0. The van der Waals surface area contributed by atoms with Gasteiger partial charge < -0.3 is 4.90 Å². The molecule has 0 spiro atoms. The third-order valence-electron chi connectivity index (χ3n) is 6.47. The first-order valence-electron chi connectivity index (χ1n) is 10.4. The lowest BCUT2D eigenvalue weighted by atomic mass is 9.95. The molecule has 0 aromatic heterocycles. The fourth-order valence-electron chi connectivity index (χ4n) is 4.81. The van der Waals surface area contributed by atoms with Crippen molar-refractivity contribution >= 4 is 40.6 Å². The van der Waals surface area contributed by atoms with Gasteiger partial charge in [-0.3, -0.25) is 24.3 Å². The number of likely N-dealkylation sites (tertiary alicyclic amines) is 1. The number of imide groups is 1. The van der Waals surface area contributed by atoms with E-state index in [1.54, 1.807) is 24.3 Å². The van der Waals surface area contributed by atoms with Crippen molar-refractivity contribution in [3.63, 3.8) is 0 Å². The fraction of sp³-hybridized carbons (Fsp3) is 0.391. The van der Waals surface area contributed by atoms with Crippen LogP contribution in [0.25, 0.3) is 0 Å². The number of fused-ring (bicyclic) bond motifs is 2. The standard InChI is InChI=1S/C23H22ClN3O3/c1-2-26-8-6-14(7-9-26)27-22(29)15-10-13-11-19(21-17(24)4-3-5-20(21)28)25-18(13)12-16(15)23(27)30/h3-4,10,12,14H,2,5-9,11H2,1H3. The normalized spacial score (nSPS) is 22.1. The van der Waals surface area contributed by atoms with Gasteiger partial charge in [0.15, 0.2) is 5.78 Å². The minimum Gasteiger partial charge on any atom is -0.303 e. The van der Waals surface area contributed by atoms with Crippen LogP contribution in [0.1, 0.15) is 52.5 Å². The molecule has 0 saturated carbocycles. The Bertz CT molecular complexity index is 1080. The maximum Gasteiger partial charge on any atom is 0.261 e. The van der Waals surface area contributed by atoms with Gasteiger partial charge in [-0.15, -0.1) is 0 Å². The van der Waals surface area contributed by atoms with E-state index >= 15 is 0 Å². The molecule has 1 aromatic rings. The van der Waals surface area contributed by atoms with Crippen LogP contribution in [0.15, 0.2) is 39.9 Å². The number of Topliss-reactive ketones (excluding diaryl/α,β-unsaturated/α-hetero) is 1. The van der Waals surface area contributed by atoms with Crippen molar-refractivity contribution in [1.82, 2.24) is 9.80 Å². The first-order chi connectivity index (χ1) is 14.5. The fourth-order valence-corrected chi connectivity index (χ4v) is 5.11. The molecule has 1 fully saturated rings. The number of ketones is 1. The van der Waals surface area contributed by atoms with Gasteiger partial charge in [0, 0.05) is 32.0 Å². The van der Waals surface area contributed by atoms with Crippen molar-refractivity contribution in [2.24, 2.45) is 4.99 Å². The van der Waals surface area contributed by atoms with Crippen molar-refractivity contribution in [3.8, 4) is 0 Å². The van der Waals surface area contributed by atoms with E-state index in [2.05, 4.69) is 16.8 Å². The smallest absolute Gasteiger partial charge is 0.261 e. The number of aliphatic imine (C=N–C) groups is 1. The van der Waals surface area contributed by atoms with E-state index in [0.717, 1.165) is 38.0 Å². The Kier molecular flexibility index (Phi) is 4.71. The number of rotatable bonds is 3. The summed E-state index contributed by atoms with van der Waals surface area (Å²) in [6, 6.07) is 3.43. The Labute approximate surface area is 179 Å². The van der Waals surface area contributed by atoms with E-state index < -0.39 is 0 Å². The van der Waals surface area contributed by atoms with Gasteiger partial charge in [0.05, 0.1) is 33.1 Å². The number of hydrogen-bond donors (Lipinski definition) is 0. The highest BCUT2D eigenvalue weighted by Crippen LogP contribution is 2.38. The Morgan fingerprint density at radius 1 is 1.10 bits per heavy atom. The molecule has 5 rings (SSSR count). The highest BCUT2D eigenvalue weighted by atomic mass is 35.5. The van der Waals surface area contributed by atoms with Crippen molar-refractivity contribution < 1.29 is 14.4 Å². The minimum atomic E-state index is -0.231. The molecule has 30 heavy (non-hydrogen) atoms. The summed E-state index contributed by atoms with van der Waals surface area (Å²) in [4.78, 5) is 46.9. The molecule has 0 unspecified atom stereocenters. The molecule has 1 aliphatic carbocycles. The number of nitrogens with zero attached hydrogens (tertiary/aromatic N) is 3. The van der Waals surface area contributed by atoms with E-state index in [0.29, 0.717) is 46.0 Å². The SMILES string of the molecule is CCN1CCC(N2C(=O)c3cc4c(cc3C2=O)N=C(C2=C(Cl)C=CCC2=O)C4)CC1. The number of piperidine rings is 1. The summed E-state index contributed by atoms with van der Waals surface area (Å²) in [5.74, 6) is -0.501. The number of hydrogen-bond acceptors (Lipinski definition) is 5. The summed E-state index contributed by atoms with van der Waals surface area (Å²) in [5.41, 5.74) is 3.41. The second-order valence-electron chi connectivity index (χ2n) is 8.16. The molecule has 0 N–H and O–H groups in total. The van der Waals surface area contributed by atoms with Crippen molar-refractivity contribution in [2.45, 2.75) is 38.6 Å². The third kappa shape index (κ3) is 2.97. The molecule has 1 aromatic carbocycles. The summed E-state index contributed by atoms with van der Waals surface area (Å²) < 4.78 is 0. The maximum absolute atomic E-state index is 13.1. The molecular formula is C23H22ClN3O3. The summed E-state index contributed by atoms with van der Waals surface area (Å²) in [5, 5.41) is 0.391. The van der Waals surface area contributed by atoms with Gasteiger partial charge in [0.2, 0.25) is 0 Å². The minimum absolute atomic E-state index is 0.0512. The Balaban J connectivity index is 1.44. The first kappa shape index (κ1) is 19.4. The summed E-state index contributed by atoms with van der Waals surface area (Å²) >= 11 is 6.25. The average molecular weight is 424 g/mol. The number of carbonyl (C=O) groups excluding carboxylic acids is 3. The lowest BCUT2D eigenvalue weighted by molar-refractivity contribution is -0.114. The van der Waals surface area contributed by atoms with Crippen LogP contribution in [0.2, 0.25) is 0 Å². The van der Waals surface area contributed by atoms with Crippen molar-refractivity contribution in [3.05, 3.63) is 51.6 Å². The molecule has 0 radical (unpaired) electrons. The van der Waals surface area contributed by atoms with E-state index in [4.69, 9.17) is 11.6 Å². The molecular weight excluding hydrogens is 402 g/mol. The van der Waals surface area contributed by atoms with Crippen LogP contribution in [0.3, 0.4) is 0 Å². The van der Waals surface area contributed by atoms with E-state index in [9.17, 15) is 14.4 Å². The topological polar surface area (TPSA) is 70.1 Å². The van der Waals surface area contributed by atoms with Crippen LogP contribution >= 0.6 is 11.6 Å². The molecule has 3 heterocycles. The van der Waals surface area contributed by atoms with Gasteiger partial charge in [0.25, 0.3) is 11.8 Å². The molecule has 6 nitrogen and oxygen atoms in total. The zero-order valence-electron chi connectivity index (χ0n) is 16.8. The Morgan fingerprint density at radius 3 is 2.47 bits per heavy atom. The van der Waals surface area contributed by atoms with Gasteiger partial charge in [-0.1, -0.05) is 24.6 Å². The van der Waals surface area contributed by atoms with Crippen LogP contribution in [-0.2, 0) is 11.2 Å². The number of amides is 2. The Hall–Kier alpha value is -2.57. The highest BCUT2D eigenvalue weighted by Gasteiger charge is 2.42. The lowest BCUT2D eigenvalue weighted by Crippen LogP contribution is -2.47. The van der Waals surface area contributed by atoms with Crippen LogP contribution in [0.5, 0.6) is 0 Å². The second-order valence-corrected chi connectivity index (χ2v) is 8.57. The van der Waals surface area contributed by atoms with Gasteiger partial charge in [-0.25, -0.2) is 0 Å². The summed E-state index contributed by atoms with van der Waals surface area (Å²) in [6.07, 6.45) is 5.82. The predicted octanol–water partition coefficient (Wildman–Crippen LogP) is 3.42. The predicted molar refractivity (Wildman–Crippen MR) is 115 cm³/mol. The average Bonchev–Trinajstić information content (AvgIpc) is 3.25. The quantitative estimate of drug-likeness (QED) is 0.698. The van der Waals surface area contributed by atoms with E-state index in [-0.39, 0.29) is 23.6 Å². The van der Waals surface area contributed by atoms with Crippen LogP contribution in [0.4, 0.5) is 5.69 Å². The van der Waals surface area contributed by atoms with E-state index in [1.807, 2.05) is 0 Å². The summed E-state index contributed by atoms with van der Waals surface area (Å²) in [6.45, 7) is 4.91. The largest absolute Gasteiger partial charge is 0.303 e. The first-order valence-corrected chi connectivity index (χ1v) is 10.8. The second kappa shape index (κ2) is 7.29. The van der Waals surface area contributed by atoms with Crippen LogP contribution < -0.4 is 0 Å². The van der Waals surface area contributed by atoms with Gasteiger partial charge in [0.1, 0.15) is 0 Å². The zero-order valence-corrected chi connectivity index (χ0v) is 17.5. The molecule has 4 aliphatic rings. The molecule has 7 heteroatoms. The van der Waals surface area contributed by atoms with Crippen molar-refractivity contribution in [2.75, 3.05) is 19.6 Å². The molecule has 3 aliphatic heterocycles.